The lowest BCUT2D eigenvalue weighted by atomic mass is 9.70. The zero-order valence-corrected chi connectivity index (χ0v) is 17.3. The molecule has 1 aliphatic rings. The van der Waals surface area contributed by atoms with Crippen molar-refractivity contribution in [2.24, 2.45) is 5.92 Å². The Hall–Kier alpha value is -2.10. The second kappa shape index (κ2) is 8.10. The van der Waals surface area contributed by atoms with Gasteiger partial charge in [0.1, 0.15) is 0 Å². The van der Waals surface area contributed by atoms with Gasteiger partial charge >= 0.3 is 0 Å². The zero-order chi connectivity index (χ0) is 19.6. The first kappa shape index (κ1) is 19.2. The molecule has 3 aromatic rings. The normalized spacial score (nSPS) is 23.9. The molecule has 148 valence electrons. The SMILES string of the molecule is COC(c1c[nH]c2ccccc12)C1CCC(Cc2ccccc2)(N(C)C)CC1. The minimum Gasteiger partial charge on any atom is -0.376 e. The van der Waals surface area contributed by atoms with Crippen LogP contribution in [0.15, 0.2) is 60.8 Å². The number of aromatic amines is 1. The molecule has 0 aliphatic heterocycles. The highest BCUT2D eigenvalue weighted by molar-refractivity contribution is 5.83. The van der Waals surface area contributed by atoms with E-state index in [0.29, 0.717) is 5.92 Å². The van der Waals surface area contributed by atoms with E-state index < -0.39 is 0 Å². The van der Waals surface area contributed by atoms with E-state index in [4.69, 9.17) is 4.74 Å². The number of nitrogens with one attached hydrogen (secondary N) is 1. The molecule has 0 amide bonds. The Morgan fingerprint density at radius 1 is 1.04 bits per heavy atom. The molecule has 3 nitrogen and oxygen atoms in total. The number of ether oxygens (including phenoxy) is 1. The molecule has 1 unspecified atom stereocenters. The van der Waals surface area contributed by atoms with Crippen LogP contribution in [-0.4, -0.2) is 36.6 Å². The van der Waals surface area contributed by atoms with Gasteiger partial charge in [0, 0.05) is 35.3 Å². The van der Waals surface area contributed by atoms with Crippen LogP contribution < -0.4 is 0 Å². The largest absolute Gasteiger partial charge is 0.376 e. The van der Waals surface area contributed by atoms with E-state index in [1.54, 1.807) is 0 Å². The quantitative estimate of drug-likeness (QED) is 0.607. The zero-order valence-electron chi connectivity index (χ0n) is 17.3. The Kier molecular flexibility index (Phi) is 5.56. The molecule has 28 heavy (non-hydrogen) atoms. The Balaban J connectivity index is 1.52. The number of hydrogen-bond acceptors (Lipinski definition) is 2. The molecular formula is C25H32N2O. The molecule has 0 saturated heterocycles. The number of H-pyrrole nitrogens is 1. The molecule has 2 aromatic carbocycles. The van der Waals surface area contributed by atoms with Crippen molar-refractivity contribution in [2.45, 2.75) is 43.7 Å². The van der Waals surface area contributed by atoms with Gasteiger partial charge in [-0.2, -0.15) is 0 Å². The molecule has 1 heterocycles. The van der Waals surface area contributed by atoms with Gasteiger partial charge in [-0.25, -0.2) is 0 Å². The fourth-order valence-electron chi connectivity index (χ4n) is 5.14. The summed E-state index contributed by atoms with van der Waals surface area (Å²) >= 11 is 0. The van der Waals surface area contributed by atoms with E-state index in [1.807, 2.05) is 7.11 Å². The Bertz CT molecular complexity index is 891. The number of methoxy groups -OCH3 is 1. The Morgan fingerprint density at radius 2 is 1.71 bits per heavy atom. The number of rotatable bonds is 6. The summed E-state index contributed by atoms with van der Waals surface area (Å²) in [5.41, 5.74) is 4.19. The standard InChI is InChI=1S/C25H32N2O/c1-27(2)25(17-19-9-5-4-6-10-19)15-13-20(14-16-25)24(28-3)22-18-26-23-12-8-7-11-21(22)23/h4-12,18,20,24,26H,13-17H2,1-3H3. The van der Waals surface area contributed by atoms with Crippen LogP contribution in [0, 0.1) is 5.92 Å². The molecule has 3 heteroatoms. The minimum atomic E-state index is 0.160. The van der Waals surface area contributed by atoms with Crippen molar-refractivity contribution >= 4 is 10.9 Å². The van der Waals surface area contributed by atoms with Crippen LogP contribution in [0.4, 0.5) is 0 Å². The molecule has 0 spiro atoms. The summed E-state index contributed by atoms with van der Waals surface area (Å²) < 4.78 is 6.06. The molecule has 0 bridgehead atoms. The molecule has 1 aliphatic carbocycles. The van der Waals surface area contributed by atoms with Gasteiger partial charge in [-0.1, -0.05) is 48.5 Å². The number of para-hydroxylation sites is 1. The van der Waals surface area contributed by atoms with Crippen LogP contribution in [0.25, 0.3) is 10.9 Å². The lowest BCUT2D eigenvalue weighted by molar-refractivity contribution is 0.000858. The molecule has 1 saturated carbocycles. The first-order chi connectivity index (χ1) is 13.6. The van der Waals surface area contributed by atoms with Gasteiger partial charge in [0.25, 0.3) is 0 Å². The first-order valence-electron chi connectivity index (χ1n) is 10.4. The highest BCUT2D eigenvalue weighted by atomic mass is 16.5. The summed E-state index contributed by atoms with van der Waals surface area (Å²) in [4.78, 5) is 5.88. The van der Waals surface area contributed by atoms with Crippen LogP contribution in [0.1, 0.15) is 42.9 Å². The average molecular weight is 377 g/mol. The van der Waals surface area contributed by atoms with Crippen molar-refractivity contribution in [1.82, 2.24) is 9.88 Å². The van der Waals surface area contributed by atoms with Gasteiger partial charge in [-0.15, -0.1) is 0 Å². The number of benzene rings is 2. The molecule has 0 radical (unpaired) electrons. The van der Waals surface area contributed by atoms with E-state index >= 15 is 0 Å². The van der Waals surface area contributed by atoms with Gasteiger partial charge in [-0.05, 0) is 63.7 Å². The number of aromatic nitrogens is 1. The maximum absolute atomic E-state index is 6.06. The summed E-state index contributed by atoms with van der Waals surface area (Å²) in [6, 6.07) is 19.5. The van der Waals surface area contributed by atoms with E-state index in [-0.39, 0.29) is 11.6 Å². The van der Waals surface area contributed by atoms with Crippen molar-refractivity contribution in [3.63, 3.8) is 0 Å². The molecule has 1 fully saturated rings. The van der Waals surface area contributed by atoms with Gasteiger partial charge in [0.05, 0.1) is 6.10 Å². The molecule has 1 aromatic heterocycles. The van der Waals surface area contributed by atoms with Gasteiger partial charge in [0.2, 0.25) is 0 Å². The van der Waals surface area contributed by atoms with Crippen LogP contribution >= 0.6 is 0 Å². The average Bonchev–Trinajstić information content (AvgIpc) is 3.15. The van der Waals surface area contributed by atoms with Crippen LogP contribution in [-0.2, 0) is 11.2 Å². The van der Waals surface area contributed by atoms with Crippen LogP contribution in [0.2, 0.25) is 0 Å². The molecule has 1 N–H and O–H groups in total. The van der Waals surface area contributed by atoms with Crippen molar-refractivity contribution < 1.29 is 4.74 Å². The molecule has 4 rings (SSSR count). The van der Waals surface area contributed by atoms with Crippen molar-refractivity contribution in [3.8, 4) is 0 Å². The van der Waals surface area contributed by atoms with Crippen LogP contribution in [0.3, 0.4) is 0 Å². The summed E-state index contributed by atoms with van der Waals surface area (Å²) in [5.74, 6) is 0.563. The summed E-state index contributed by atoms with van der Waals surface area (Å²) in [7, 11) is 6.36. The summed E-state index contributed by atoms with van der Waals surface area (Å²) in [5, 5.41) is 1.29. The smallest absolute Gasteiger partial charge is 0.0869 e. The maximum atomic E-state index is 6.06. The third-order valence-corrected chi connectivity index (χ3v) is 6.90. The van der Waals surface area contributed by atoms with Crippen LogP contribution in [0.5, 0.6) is 0 Å². The number of fused-ring (bicyclic) bond motifs is 1. The molecular weight excluding hydrogens is 344 g/mol. The van der Waals surface area contributed by atoms with E-state index in [1.165, 1.54) is 47.7 Å². The third kappa shape index (κ3) is 3.61. The lowest BCUT2D eigenvalue weighted by Crippen LogP contribution is -2.49. The van der Waals surface area contributed by atoms with E-state index in [9.17, 15) is 0 Å². The number of hydrogen-bond donors (Lipinski definition) is 1. The highest BCUT2D eigenvalue weighted by Crippen LogP contribution is 2.44. The predicted molar refractivity (Wildman–Crippen MR) is 117 cm³/mol. The lowest BCUT2D eigenvalue weighted by Gasteiger charge is -2.46. The van der Waals surface area contributed by atoms with E-state index in [2.05, 4.69) is 84.8 Å². The van der Waals surface area contributed by atoms with Gasteiger partial charge < -0.3 is 14.6 Å². The van der Waals surface area contributed by atoms with Crippen molar-refractivity contribution in [1.29, 1.82) is 0 Å². The topological polar surface area (TPSA) is 28.3 Å². The molecule has 1 atom stereocenters. The second-order valence-electron chi connectivity index (χ2n) is 8.56. The van der Waals surface area contributed by atoms with Crippen molar-refractivity contribution in [2.75, 3.05) is 21.2 Å². The Morgan fingerprint density at radius 3 is 2.39 bits per heavy atom. The minimum absolute atomic E-state index is 0.160. The van der Waals surface area contributed by atoms with Gasteiger partial charge in [-0.3, -0.25) is 0 Å². The predicted octanol–water partition coefficient (Wildman–Crippen LogP) is 5.59. The third-order valence-electron chi connectivity index (χ3n) is 6.90. The maximum Gasteiger partial charge on any atom is 0.0869 e. The number of likely N-dealkylation sites (N-methyl/N-ethyl adjacent to an activating group) is 1. The van der Waals surface area contributed by atoms with E-state index in [0.717, 1.165) is 6.42 Å². The van der Waals surface area contributed by atoms with Crippen molar-refractivity contribution in [3.05, 3.63) is 71.9 Å². The van der Waals surface area contributed by atoms with Gasteiger partial charge in [0.15, 0.2) is 0 Å². The fourth-order valence-corrected chi connectivity index (χ4v) is 5.14. The first-order valence-corrected chi connectivity index (χ1v) is 10.4. The fraction of sp³-hybridized carbons (Fsp3) is 0.440. The summed E-state index contributed by atoms with van der Waals surface area (Å²) in [6.45, 7) is 0. The Labute approximate surface area is 168 Å². The highest BCUT2D eigenvalue weighted by Gasteiger charge is 2.40. The number of nitrogens with zero attached hydrogens (tertiary/aromatic N) is 1. The second-order valence-corrected chi connectivity index (χ2v) is 8.56. The monoisotopic (exact) mass is 376 g/mol. The summed E-state index contributed by atoms with van der Waals surface area (Å²) in [6.07, 6.45) is 8.25.